The van der Waals surface area contributed by atoms with E-state index in [2.05, 4.69) is 22.2 Å². The molecule has 0 amide bonds. The van der Waals surface area contributed by atoms with Gasteiger partial charge in [-0.05, 0) is 56.4 Å². The monoisotopic (exact) mass is 317 g/mol. The normalized spacial score (nSPS) is 12.2. The van der Waals surface area contributed by atoms with Crippen molar-refractivity contribution >= 4 is 11.5 Å². The lowest BCUT2D eigenvalue weighted by Crippen LogP contribution is -2.27. The topological polar surface area (TPSA) is 98.0 Å². The van der Waals surface area contributed by atoms with Gasteiger partial charge >= 0.3 is 5.69 Å². The summed E-state index contributed by atoms with van der Waals surface area (Å²) < 4.78 is 0. The van der Waals surface area contributed by atoms with E-state index in [0.29, 0.717) is 24.2 Å². The van der Waals surface area contributed by atoms with Crippen molar-refractivity contribution in [1.82, 2.24) is 9.97 Å². The second kappa shape index (κ2) is 7.28. The minimum absolute atomic E-state index is 0.374. The summed E-state index contributed by atoms with van der Waals surface area (Å²) >= 11 is 0. The highest BCUT2D eigenvalue weighted by Crippen LogP contribution is 2.20. The zero-order valence-electron chi connectivity index (χ0n) is 13.7. The zero-order chi connectivity index (χ0) is 17.0. The third kappa shape index (κ3) is 4.32. The van der Waals surface area contributed by atoms with Crippen LogP contribution >= 0.6 is 0 Å². The SMILES string of the molecule is CCc1cc(Nc2[nH]c(=O)[nH]c(=O)c2CCC(C)O)ccc1C. The van der Waals surface area contributed by atoms with Crippen LogP contribution in [0.1, 0.15) is 37.0 Å². The molecule has 1 aromatic carbocycles. The van der Waals surface area contributed by atoms with E-state index in [0.717, 1.165) is 12.1 Å². The average molecular weight is 317 g/mol. The van der Waals surface area contributed by atoms with Gasteiger partial charge in [0.15, 0.2) is 0 Å². The number of aliphatic hydroxyl groups excluding tert-OH is 1. The zero-order valence-corrected chi connectivity index (χ0v) is 13.7. The van der Waals surface area contributed by atoms with Crippen LogP contribution in [0.15, 0.2) is 27.8 Å². The first-order chi connectivity index (χ1) is 10.9. The number of aromatic amines is 2. The first-order valence-corrected chi connectivity index (χ1v) is 7.80. The van der Waals surface area contributed by atoms with Gasteiger partial charge in [-0.25, -0.2) is 4.79 Å². The Bertz CT molecular complexity index is 790. The van der Waals surface area contributed by atoms with E-state index >= 15 is 0 Å². The third-order valence-corrected chi connectivity index (χ3v) is 3.85. The van der Waals surface area contributed by atoms with Gasteiger partial charge < -0.3 is 10.4 Å². The largest absolute Gasteiger partial charge is 0.393 e. The standard InChI is InChI=1S/C17H23N3O3/c1-4-12-9-13(7-5-10(12)2)18-15-14(8-6-11(3)21)16(22)20-17(23)19-15/h5,7,9,11,21H,4,6,8H2,1-3H3,(H3,18,19,20,22,23). The molecule has 0 spiro atoms. The lowest BCUT2D eigenvalue weighted by atomic mass is 10.1. The van der Waals surface area contributed by atoms with E-state index in [1.807, 2.05) is 25.1 Å². The highest BCUT2D eigenvalue weighted by Gasteiger charge is 2.11. The fraction of sp³-hybridized carbons (Fsp3) is 0.412. The van der Waals surface area contributed by atoms with Gasteiger partial charge in [-0.2, -0.15) is 0 Å². The van der Waals surface area contributed by atoms with E-state index in [-0.39, 0.29) is 0 Å². The molecule has 0 fully saturated rings. The summed E-state index contributed by atoms with van der Waals surface area (Å²) in [4.78, 5) is 28.5. The van der Waals surface area contributed by atoms with Gasteiger partial charge in [0.25, 0.3) is 5.56 Å². The molecule has 0 bridgehead atoms. The van der Waals surface area contributed by atoms with Crippen molar-refractivity contribution in [1.29, 1.82) is 0 Å². The molecule has 1 aromatic heterocycles. The molecule has 0 aliphatic rings. The summed E-state index contributed by atoms with van der Waals surface area (Å²) in [5.74, 6) is 0.380. The quantitative estimate of drug-likeness (QED) is 0.655. The summed E-state index contributed by atoms with van der Waals surface area (Å²) in [5, 5.41) is 12.6. The van der Waals surface area contributed by atoms with Crippen LogP contribution in [0.25, 0.3) is 0 Å². The number of anilines is 2. The predicted octanol–water partition coefficient (Wildman–Crippen LogP) is 1.99. The van der Waals surface area contributed by atoms with E-state index in [9.17, 15) is 14.7 Å². The number of aliphatic hydroxyl groups is 1. The summed E-state index contributed by atoms with van der Waals surface area (Å²) in [6.45, 7) is 5.79. The van der Waals surface area contributed by atoms with Crippen LogP contribution < -0.4 is 16.6 Å². The number of hydrogen-bond donors (Lipinski definition) is 4. The van der Waals surface area contributed by atoms with Gasteiger partial charge in [-0.1, -0.05) is 13.0 Å². The first kappa shape index (κ1) is 17.0. The van der Waals surface area contributed by atoms with Crippen LogP contribution in [0, 0.1) is 6.92 Å². The maximum Gasteiger partial charge on any atom is 0.327 e. The van der Waals surface area contributed by atoms with Crippen LogP contribution in [0.4, 0.5) is 11.5 Å². The van der Waals surface area contributed by atoms with Crippen LogP contribution in [0.3, 0.4) is 0 Å². The van der Waals surface area contributed by atoms with E-state index < -0.39 is 17.4 Å². The fourth-order valence-corrected chi connectivity index (χ4v) is 2.49. The van der Waals surface area contributed by atoms with Gasteiger partial charge in [0.2, 0.25) is 0 Å². The Kier molecular flexibility index (Phi) is 5.39. The summed E-state index contributed by atoms with van der Waals surface area (Å²) in [6.07, 6.45) is 1.21. The second-order valence-electron chi connectivity index (χ2n) is 5.77. The van der Waals surface area contributed by atoms with Gasteiger partial charge in [0, 0.05) is 5.69 Å². The number of aromatic nitrogens is 2. The van der Waals surface area contributed by atoms with E-state index in [4.69, 9.17) is 0 Å². The molecule has 124 valence electrons. The minimum atomic E-state index is -0.555. The molecule has 1 atom stereocenters. The second-order valence-corrected chi connectivity index (χ2v) is 5.77. The van der Waals surface area contributed by atoms with Crippen molar-refractivity contribution in [3.63, 3.8) is 0 Å². The summed E-state index contributed by atoms with van der Waals surface area (Å²) in [7, 11) is 0. The van der Waals surface area contributed by atoms with Crippen molar-refractivity contribution in [3.05, 3.63) is 55.7 Å². The average Bonchev–Trinajstić information content (AvgIpc) is 2.47. The number of rotatable bonds is 6. The number of nitrogens with one attached hydrogen (secondary N) is 3. The number of benzene rings is 1. The molecule has 0 saturated carbocycles. The van der Waals surface area contributed by atoms with Crippen LogP contribution in [0.5, 0.6) is 0 Å². The molecule has 1 heterocycles. The number of hydrogen-bond acceptors (Lipinski definition) is 4. The van der Waals surface area contributed by atoms with Gasteiger partial charge in [-0.15, -0.1) is 0 Å². The Morgan fingerprint density at radius 1 is 1.26 bits per heavy atom. The van der Waals surface area contributed by atoms with Crippen LogP contribution in [0.2, 0.25) is 0 Å². The smallest absolute Gasteiger partial charge is 0.327 e. The molecule has 4 N–H and O–H groups in total. The molecule has 6 heteroatoms. The maximum absolute atomic E-state index is 12.0. The molecule has 0 radical (unpaired) electrons. The van der Waals surface area contributed by atoms with Crippen molar-refractivity contribution in [2.75, 3.05) is 5.32 Å². The Morgan fingerprint density at radius 2 is 2.00 bits per heavy atom. The van der Waals surface area contributed by atoms with Gasteiger partial charge in [0.1, 0.15) is 5.82 Å². The van der Waals surface area contributed by atoms with Crippen LogP contribution in [-0.4, -0.2) is 21.2 Å². The van der Waals surface area contributed by atoms with Crippen LogP contribution in [-0.2, 0) is 12.8 Å². The summed E-state index contributed by atoms with van der Waals surface area (Å²) in [6, 6.07) is 5.92. The minimum Gasteiger partial charge on any atom is -0.393 e. The predicted molar refractivity (Wildman–Crippen MR) is 91.5 cm³/mol. The number of aryl methyl sites for hydroxylation is 2. The Labute approximate surface area is 134 Å². The highest BCUT2D eigenvalue weighted by molar-refractivity contribution is 5.60. The third-order valence-electron chi connectivity index (χ3n) is 3.85. The first-order valence-electron chi connectivity index (χ1n) is 7.80. The molecular formula is C17H23N3O3. The van der Waals surface area contributed by atoms with E-state index in [1.165, 1.54) is 11.1 Å². The van der Waals surface area contributed by atoms with E-state index in [1.54, 1.807) is 6.92 Å². The Hall–Kier alpha value is -2.34. The fourth-order valence-electron chi connectivity index (χ4n) is 2.49. The van der Waals surface area contributed by atoms with Crippen molar-refractivity contribution in [2.45, 2.75) is 46.1 Å². The Balaban J connectivity index is 2.38. The molecule has 0 aliphatic carbocycles. The van der Waals surface area contributed by atoms with Crippen molar-refractivity contribution in [2.24, 2.45) is 0 Å². The molecule has 0 aliphatic heterocycles. The summed E-state index contributed by atoms with van der Waals surface area (Å²) in [5.41, 5.74) is 2.66. The van der Waals surface area contributed by atoms with Crippen molar-refractivity contribution in [3.8, 4) is 0 Å². The molecule has 2 rings (SSSR count). The lowest BCUT2D eigenvalue weighted by molar-refractivity contribution is 0.185. The van der Waals surface area contributed by atoms with Gasteiger partial charge in [0.05, 0.1) is 11.7 Å². The molecule has 1 unspecified atom stereocenters. The lowest BCUT2D eigenvalue weighted by Gasteiger charge is -2.13. The molecule has 23 heavy (non-hydrogen) atoms. The number of H-pyrrole nitrogens is 2. The Morgan fingerprint density at radius 3 is 2.65 bits per heavy atom. The molecule has 2 aromatic rings. The maximum atomic E-state index is 12.0. The molecular weight excluding hydrogens is 294 g/mol. The highest BCUT2D eigenvalue weighted by atomic mass is 16.3. The van der Waals surface area contributed by atoms with Crippen molar-refractivity contribution < 1.29 is 5.11 Å². The molecule has 6 nitrogen and oxygen atoms in total. The molecule has 0 saturated heterocycles. The van der Waals surface area contributed by atoms with Gasteiger partial charge in [-0.3, -0.25) is 14.8 Å².